The third kappa shape index (κ3) is 6.53. The van der Waals surface area contributed by atoms with Crippen LogP contribution in [0.2, 0.25) is 0 Å². The molecule has 1 nitrogen and oxygen atoms in total. The average Bonchev–Trinajstić information content (AvgIpc) is 2.56. The molecule has 0 radical (unpaired) electrons. The Hall–Kier alpha value is -1.47. The minimum atomic E-state index is 0.343. The molecule has 0 fully saturated rings. The maximum atomic E-state index is 6.17. The molecule has 0 aliphatic rings. The van der Waals surface area contributed by atoms with Gasteiger partial charge in [0, 0.05) is 10.7 Å². The van der Waals surface area contributed by atoms with Gasteiger partial charge in [-0.1, -0.05) is 74.4 Å². The van der Waals surface area contributed by atoms with Gasteiger partial charge >= 0.3 is 0 Å². The molecule has 2 heteroatoms. The highest BCUT2D eigenvalue weighted by atomic mass is 35.5. The number of nitrogens with one attached hydrogen (secondary N) is 1. The molecule has 0 saturated carbocycles. The summed E-state index contributed by atoms with van der Waals surface area (Å²) in [6.07, 6.45) is 9.31. The van der Waals surface area contributed by atoms with Gasteiger partial charge in [0.1, 0.15) is 0 Å². The molecule has 1 unspecified atom stereocenters. The first kappa shape index (κ1) is 18.6. The lowest BCUT2D eigenvalue weighted by Gasteiger charge is -2.20. The Morgan fingerprint density at radius 1 is 1.14 bits per heavy atom. The van der Waals surface area contributed by atoms with E-state index in [4.69, 9.17) is 11.6 Å². The fourth-order valence-electron chi connectivity index (χ4n) is 2.16. The summed E-state index contributed by atoms with van der Waals surface area (Å²) >= 11 is 6.17. The second-order valence-electron chi connectivity index (χ2n) is 5.53. The number of halogens is 1. The van der Waals surface area contributed by atoms with E-state index in [1.54, 1.807) is 0 Å². The maximum Gasteiger partial charge on any atom is 0.0508 e. The summed E-state index contributed by atoms with van der Waals surface area (Å²) in [7, 11) is 0. The Balaban J connectivity index is 2.75. The summed E-state index contributed by atoms with van der Waals surface area (Å²) in [6, 6.07) is 10.9. The normalized spacial score (nSPS) is 14.9. The largest absolute Gasteiger partial charge is 0.382 e. The molecule has 1 rings (SSSR count). The minimum absolute atomic E-state index is 0.343. The molecular formula is C20H28ClN. The van der Waals surface area contributed by atoms with E-state index in [1.807, 2.05) is 6.08 Å². The quantitative estimate of drug-likeness (QED) is 0.539. The van der Waals surface area contributed by atoms with Crippen LogP contribution in [0.15, 0.2) is 64.9 Å². The molecule has 0 heterocycles. The van der Waals surface area contributed by atoms with Crippen molar-refractivity contribution in [2.24, 2.45) is 0 Å². The second-order valence-corrected chi connectivity index (χ2v) is 5.97. The molecule has 0 aliphatic heterocycles. The first-order valence-corrected chi connectivity index (χ1v) is 8.49. The van der Waals surface area contributed by atoms with Gasteiger partial charge in [-0.25, -0.2) is 0 Å². The summed E-state index contributed by atoms with van der Waals surface area (Å²) in [5.41, 5.74) is 3.71. The number of hydrogen-bond donors (Lipinski definition) is 1. The van der Waals surface area contributed by atoms with Gasteiger partial charge in [-0.15, -0.1) is 0 Å². The van der Waals surface area contributed by atoms with Gasteiger partial charge in [-0.2, -0.15) is 0 Å². The topological polar surface area (TPSA) is 12.0 Å². The lowest BCUT2D eigenvalue weighted by Crippen LogP contribution is -2.19. The van der Waals surface area contributed by atoms with Crippen LogP contribution in [0.1, 0.15) is 58.6 Å². The zero-order valence-electron chi connectivity index (χ0n) is 14.2. The monoisotopic (exact) mass is 317 g/mol. The van der Waals surface area contributed by atoms with Crippen molar-refractivity contribution in [1.29, 1.82) is 0 Å². The van der Waals surface area contributed by atoms with Gasteiger partial charge in [0.05, 0.1) is 6.04 Å². The molecule has 0 amide bonds. The van der Waals surface area contributed by atoms with E-state index in [0.29, 0.717) is 6.04 Å². The standard InChI is InChI=1S/C20H28ClN/c1-5-7-13-19(21)15-14-16(3)17(4)22-20(6-2)18-11-9-8-10-12-18/h8-15,20,22H,5-7H2,1-4H3/b15-14-,17-16+,19-13-. The van der Waals surface area contributed by atoms with Crippen LogP contribution in [0.5, 0.6) is 0 Å². The number of hydrogen-bond acceptors (Lipinski definition) is 1. The average molecular weight is 318 g/mol. The smallest absolute Gasteiger partial charge is 0.0508 e. The highest BCUT2D eigenvalue weighted by Crippen LogP contribution is 2.19. The maximum absolute atomic E-state index is 6.17. The third-order valence-corrected chi connectivity index (χ3v) is 3.99. The molecule has 0 bridgehead atoms. The van der Waals surface area contributed by atoms with Gasteiger partial charge < -0.3 is 5.32 Å². The van der Waals surface area contributed by atoms with E-state index in [2.05, 4.69) is 75.5 Å². The Kier molecular flexibility index (Phi) is 8.69. The van der Waals surface area contributed by atoms with E-state index >= 15 is 0 Å². The highest BCUT2D eigenvalue weighted by molar-refractivity contribution is 6.31. The Morgan fingerprint density at radius 3 is 2.41 bits per heavy atom. The van der Waals surface area contributed by atoms with Crippen molar-refractivity contribution in [2.45, 2.75) is 53.0 Å². The van der Waals surface area contributed by atoms with Gasteiger partial charge in [0.15, 0.2) is 0 Å². The van der Waals surface area contributed by atoms with E-state index in [0.717, 1.165) is 24.3 Å². The van der Waals surface area contributed by atoms with Crippen molar-refractivity contribution in [3.05, 3.63) is 70.4 Å². The van der Waals surface area contributed by atoms with Gasteiger partial charge in [-0.3, -0.25) is 0 Å². The zero-order chi connectivity index (χ0) is 16.4. The second kappa shape index (κ2) is 10.3. The summed E-state index contributed by atoms with van der Waals surface area (Å²) in [5.74, 6) is 0. The Bertz CT molecular complexity index is 526. The molecular weight excluding hydrogens is 290 g/mol. The minimum Gasteiger partial charge on any atom is -0.382 e. The number of unbranched alkanes of at least 4 members (excludes halogenated alkanes) is 1. The van der Waals surface area contributed by atoms with Crippen LogP contribution < -0.4 is 5.32 Å². The van der Waals surface area contributed by atoms with Crippen LogP contribution in [0, 0.1) is 0 Å². The third-order valence-electron chi connectivity index (χ3n) is 3.71. The molecule has 1 aromatic carbocycles. The molecule has 22 heavy (non-hydrogen) atoms. The lowest BCUT2D eigenvalue weighted by atomic mass is 10.0. The summed E-state index contributed by atoms with van der Waals surface area (Å²) < 4.78 is 0. The lowest BCUT2D eigenvalue weighted by molar-refractivity contribution is 0.577. The van der Waals surface area contributed by atoms with Crippen molar-refractivity contribution < 1.29 is 0 Å². The van der Waals surface area contributed by atoms with Crippen molar-refractivity contribution in [1.82, 2.24) is 5.32 Å². The first-order valence-electron chi connectivity index (χ1n) is 8.11. The summed E-state index contributed by atoms with van der Waals surface area (Å²) in [6.45, 7) is 8.58. The van der Waals surface area contributed by atoms with Crippen LogP contribution in [-0.4, -0.2) is 0 Å². The van der Waals surface area contributed by atoms with Crippen LogP contribution >= 0.6 is 11.6 Å². The van der Waals surface area contributed by atoms with E-state index in [1.165, 1.54) is 16.8 Å². The summed E-state index contributed by atoms with van der Waals surface area (Å²) in [5, 5.41) is 4.42. The Labute approximate surface area is 140 Å². The zero-order valence-corrected chi connectivity index (χ0v) is 15.0. The molecule has 0 saturated heterocycles. The van der Waals surface area contributed by atoms with Gasteiger partial charge in [0.25, 0.3) is 0 Å². The fraction of sp³-hybridized carbons (Fsp3) is 0.400. The van der Waals surface area contributed by atoms with Gasteiger partial charge in [0.2, 0.25) is 0 Å². The predicted molar refractivity (Wildman–Crippen MR) is 99.0 cm³/mol. The van der Waals surface area contributed by atoms with Crippen molar-refractivity contribution >= 4 is 11.6 Å². The van der Waals surface area contributed by atoms with E-state index in [9.17, 15) is 0 Å². The first-order chi connectivity index (χ1) is 10.6. The summed E-state index contributed by atoms with van der Waals surface area (Å²) in [4.78, 5) is 0. The molecule has 0 aliphatic carbocycles. The number of benzene rings is 1. The number of rotatable bonds is 8. The van der Waals surface area contributed by atoms with Crippen LogP contribution in [0.3, 0.4) is 0 Å². The number of allylic oxidation sites excluding steroid dienone is 6. The van der Waals surface area contributed by atoms with Crippen LogP contribution in [-0.2, 0) is 0 Å². The van der Waals surface area contributed by atoms with E-state index in [-0.39, 0.29) is 0 Å². The predicted octanol–water partition coefficient (Wildman–Crippen LogP) is 6.50. The fourth-order valence-corrected chi connectivity index (χ4v) is 2.33. The molecule has 1 N–H and O–H groups in total. The van der Waals surface area contributed by atoms with Crippen molar-refractivity contribution in [3.63, 3.8) is 0 Å². The van der Waals surface area contributed by atoms with Crippen molar-refractivity contribution in [3.8, 4) is 0 Å². The molecule has 1 aromatic rings. The van der Waals surface area contributed by atoms with Gasteiger partial charge in [-0.05, 0) is 43.9 Å². The Morgan fingerprint density at radius 2 is 1.82 bits per heavy atom. The molecule has 120 valence electrons. The highest BCUT2D eigenvalue weighted by Gasteiger charge is 2.08. The van der Waals surface area contributed by atoms with Crippen LogP contribution in [0.4, 0.5) is 0 Å². The van der Waals surface area contributed by atoms with E-state index < -0.39 is 0 Å². The van der Waals surface area contributed by atoms with Crippen LogP contribution in [0.25, 0.3) is 0 Å². The molecule has 1 atom stereocenters. The molecule has 0 aromatic heterocycles. The molecule has 0 spiro atoms. The van der Waals surface area contributed by atoms with Crippen molar-refractivity contribution in [2.75, 3.05) is 0 Å². The SMILES string of the molecule is CCC/C=C(Cl)/C=C\C(C)=C(/C)NC(CC)c1ccccc1.